The van der Waals surface area contributed by atoms with E-state index in [9.17, 15) is 4.79 Å². The van der Waals surface area contributed by atoms with Gasteiger partial charge in [0.1, 0.15) is 6.10 Å². The number of nitrogens with one attached hydrogen (secondary N) is 2. The molecule has 1 heterocycles. The normalized spacial score (nSPS) is 21.8. The Hall–Kier alpha value is -3.08. The van der Waals surface area contributed by atoms with Crippen molar-refractivity contribution in [3.8, 4) is 0 Å². The lowest BCUT2D eigenvalue weighted by Crippen LogP contribution is -2.38. The van der Waals surface area contributed by atoms with E-state index in [1.165, 1.54) is 0 Å². The number of carbonyl (C=O) groups is 1. The molecule has 0 spiro atoms. The number of hydrogen-bond donors (Lipinski definition) is 2. The number of alkyl carbamates (subject to hydrolysis) is 1. The maximum Gasteiger partial charge on any atom is 0.407 e. The van der Waals surface area contributed by atoms with Gasteiger partial charge in [0.25, 0.3) is 0 Å². The highest BCUT2D eigenvalue weighted by Crippen LogP contribution is 2.38. The van der Waals surface area contributed by atoms with Gasteiger partial charge in [-0.25, -0.2) is 4.79 Å². The molecule has 2 N–H and O–H groups in total. The SMILES string of the molecule is CNC(=O)OC1CCCCCC2C(c3ccccc3)=NNC(c3ccccc3)=C12. The Bertz CT molecular complexity index is 906. The summed E-state index contributed by atoms with van der Waals surface area (Å²) in [5.74, 6) is 0.115. The van der Waals surface area contributed by atoms with Crippen molar-refractivity contribution >= 4 is 17.5 Å². The van der Waals surface area contributed by atoms with Crippen LogP contribution in [0.2, 0.25) is 0 Å². The van der Waals surface area contributed by atoms with Crippen LogP contribution in [0.5, 0.6) is 0 Å². The molecule has 0 radical (unpaired) electrons. The van der Waals surface area contributed by atoms with Gasteiger partial charge in [0, 0.05) is 18.5 Å². The van der Waals surface area contributed by atoms with Crippen LogP contribution in [-0.4, -0.2) is 25.0 Å². The highest BCUT2D eigenvalue weighted by molar-refractivity contribution is 6.06. The maximum atomic E-state index is 12.1. The van der Waals surface area contributed by atoms with Crippen LogP contribution in [0.4, 0.5) is 4.79 Å². The Kier molecular flexibility index (Phi) is 5.94. The van der Waals surface area contributed by atoms with Crippen molar-refractivity contribution in [1.82, 2.24) is 10.7 Å². The molecule has 1 fully saturated rings. The van der Waals surface area contributed by atoms with Crippen LogP contribution >= 0.6 is 0 Å². The Balaban J connectivity index is 1.82. The molecule has 150 valence electrons. The van der Waals surface area contributed by atoms with E-state index >= 15 is 0 Å². The van der Waals surface area contributed by atoms with Crippen LogP contribution < -0.4 is 10.7 Å². The van der Waals surface area contributed by atoms with Gasteiger partial charge in [0.15, 0.2) is 0 Å². The first-order valence-electron chi connectivity index (χ1n) is 10.3. The third kappa shape index (κ3) is 4.19. The molecular formula is C24H27N3O2. The fourth-order valence-corrected chi connectivity index (χ4v) is 4.29. The molecular weight excluding hydrogens is 362 g/mol. The molecule has 5 heteroatoms. The van der Waals surface area contributed by atoms with Crippen LogP contribution in [0.3, 0.4) is 0 Å². The van der Waals surface area contributed by atoms with Crippen molar-refractivity contribution in [2.45, 2.75) is 38.2 Å². The minimum Gasteiger partial charge on any atom is -0.442 e. The zero-order chi connectivity index (χ0) is 20.1. The fraction of sp³-hybridized carbons (Fsp3) is 0.333. The molecule has 2 unspecified atom stereocenters. The molecule has 2 aliphatic rings. The van der Waals surface area contributed by atoms with Crippen LogP contribution in [0.15, 0.2) is 71.3 Å². The van der Waals surface area contributed by atoms with E-state index in [2.05, 4.69) is 35.0 Å². The summed E-state index contributed by atoms with van der Waals surface area (Å²) in [4.78, 5) is 12.1. The first-order valence-corrected chi connectivity index (χ1v) is 10.3. The van der Waals surface area contributed by atoms with Crippen molar-refractivity contribution in [2.75, 3.05) is 7.05 Å². The molecule has 2 aromatic rings. The van der Waals surface area contributed by atoms with Gasteiger partial charge in [0.2, 0.25) is 0 Å². The summed E-state index contributed by atoms with van der Waals surface area (Å²) in [6.07, 6.45) is 4.45. The molecule has 1 aliphatic heterocycles. The van der Waals surface area contributed by atoms with Gasteiger partial charge in [-0.3, -0.25) is 5.43 Å². The summed E-state index contributed by atoms with van der Waals surface area (Å²) in [5, 5.41) is 7.41. The van der Waals surface area contributed by atoms with Gasteiger partial charge >= 0.3 is 6.09 Å². The Morgan fingerprint density at radius 1 is 0.966 bits per heavy atom. The van der Waals surface area contributed by atoms with Gasteiger partial charge < -0.3 is 10.1 Å². The number of hydrogen-bond acceptors (Lipinski definition) is 4. The van der Waals surface area contributed by atoms with Gasteiger partial charge in [-0.2, -0.15) is 5.10 Å². The van der Waals surface area contributed by atoms with Crippen LogP contribution in [0.25, 0.3) is 5.70 Å². The average molecular weight is 389 g/mol. The molecule has 0 aromatic heterocycles. The molecule has 1 saturated carbocycles. The van der Waals surface area contributed by atoms with E-state index in [1.54, 1.807) is 7.05 Å². The zero-order valence-electron chi connectivity index (χ0n) is 16.7. The zero-order valence-corrected chi connectivity index (χ0v) is 16.7. The van der Waals surface area contributed by atoms with Crippen molar-refractivity contribution in [3.63, 3.8) is 0 Å². The van der Waals surface area contributed by atoms with Crippen LogP contribution in [0.1, 0.15) is 43.2 Å². The van der Waals surface area contributed by atoms with E-state index in [1.807, 2.05) is 36.4 Å². The quantitative estimate of drug-likeness (QED) is 0.799. The molecule has 2 atom stereocenters. The van der Waals surface area contributed by atoms with E-state index in [-0.39, 0.29) is 12.0 Å². The van der Waals surface area contributed by atoms with Gasteiger partial charge in [-0.1, -0.05) is 73.5 Å². The van der Waals surface area contributed by atoms with Crippen LogP contribution in [0, 0.1) is 5.92 Å². The fourth-order valence-electron chi connectivity index (χ4n) is 4.29. The lowest BCUT2D eigenvalue weighted by atomic mass is 9.77. The first kappa shape index (κ1) is 19.2. The molecule has 1 amide bonds. The van der Waals surface area contributed by atoms with Crippen molar-refractivity contribution < 1.29 is 9.53 Å². The second-order valence-electron chi connectivity index (χ2n) is 7.51. The predicted octanol–water partition coefficient (Wildman–Crippen LogP) is 4.71. The van der Waals surface area contributed by atoms with E-state index in [0.717, 1.165) is 60.2 Å². The van der Waals surface area contributed by atoms with E-state index < -0.39 is 6.09 Å². The smallest absolute Gasteiger partial charge is 0.407 e. The lowest BCUT2D eigenvalue weighted by Gasteiger charge is -2.35. The number of ether oxygens (including phenoxy) is 1. The summed E-state index contributed by atoms with van der Waals surface area (Å²) in [5.41, 5.74) is 8.60. The number of benzene rings is 2. The maximum absolute atomic E-state index is 12.1. The highest BCUT2D eigenvalue weighted by atomic mass is 16.6. The van der Waals surface area contributed by atoms with Gasteiger partial charge in [-0.05, 0) is 30.4 Å². The second kappa shape index (κ2) is 8.95. The third-order valence-corrected chi connectivity index (χ3v) is 5.67. The molecule has 2 aromatic carbocycles. The largest absolute Gasteiger partial charge is 0.442 e. The number of amides is 1. The molecule has 0 bridgehead atoms. The summed E-state index contributed by atoms with van der Waals surface area (Å²) < 4.78 is 5.88. The van der Waals surface area contributed by atoms with Gasteiger partial charge in [0.05, 0.1) is 11.4 Å². The third-order valence-electron chi connectivity index (χ3n) is 5.67. The van der Waals surface area contributed by atoms with E-state index in [0.29, 0.717) is 0 Å². The molecule has 29 heavy (non-hydrogen) atoms. The Morgan fingerprint density at radius 3 is 2.31 bits per heavy atom. The van der Waals surface area contributed by atoms with Crippen LogP contribution in [-0.2, 0) is 4.74 Å². The number of nitrogens with zero attached hydrogens (tertiary/aromatic N) is 1. The first-order chi connectivity index (χ1) is 14.3. The number of hydrazone groups is 1. The lowest BCUT2D eigenvalue weighted by molar-refractivity contribution is 0.105. The summed E-state index contributed by atoms with van der Waals surface area (Å²) in [6, 6.07) is 20.5. The minimum absolute atomic E-state index is 0.115. The van der Waals surface area contributed by atoms with Gasteiger partial charge in [-0.15, -0.1) is 0 Å². The van der Waals surface area contributed by atoms with Crippen molar-refractivity contribution in [1.29, 1.82) is 0 Å². The Labute approximate surface area is 171 Å². The summed E-state index contributed by atoms with van der Waals surface area (Å²) in [6.45, 7) is 0. The number of fused-ring (bicyclic) bond motifs is 1. The topological polar surface area (TPSA) is 62.7 Å². The average Bonchev–Trinajstić information content (AvgIpc) is 2.77. The van der Waals surface area contributed by atoms with E-state index in [4.69, 9.17) is 9.84 Å². The molecule has 5 nitrogen and oxygen atoms in total. The number of carbonyl (C=O) groups excluding carboxylic acids is 1. The minimum atomic E-state index is -0.391. The number of rotatable bonds is 3. The predicted molar refractivity (Wildman–Crippen MR) is 115 cm³/mol. The second-order valence-corrected chi connectivity index (χ2v) is 7.51. The highest BCUT2D eigenvalue weighted by Gasteiger charge is 2.36. The molecule has 4 rings (SSSR count). The van der Waals surface area contributed by atoms with Crippen molar-refractivity contribution in [2.24, 2.45) is 11.0 Å². The summed E-state index contributed by atoms with van der Waals surface area (Å²) >= 11 is 0. The summed E-state index contributed by atoms with van der Waals surface area (Å²) in [7, 11) is 1.60. The molecule has 0 saturated heterocycles. The monoisotopic (exact) mass is 389 g/mol. The standard InChI is InChI=1S/C24H27N3O2/c1-25-24(28)29-20-16-10-4-9-15-19-21(20)23(18-13-7-3-8-14-18)27-26-22(19)17-11-5-2-6-12-17/h2-3,5-8,11-14,19-20,27H,4,9-10,15-16H2,1H3,(H,25,28). The molecule has 1 aliphatic carbocycles. The Morgan fingerprint density at radius 2 is 1.62 bits per heavy atom. The van der Waals surface area contributed by atoms with Crippen molar-refractivity contribution in [3.05, 3.63) is 77.4 Å².